The number of carbonyl (C=O) groups excluding carboxylic acids is 3. The Balaban J connectivity index is 1.92. The van der Waals surface area contributed by atoms with Crippen LogP contribution in [-0.4, -0.2) is 67.0 Å². The minimum absolute atomic E-state index is 0.0561. The van der Waals surface area contributed by atoms with Gasteiger partial charge in [-0.1, -0.05) is 86.1 Å². The van der Waals surface area contributed by atoms with Crippen LogP contribution in [0.4, 0.5) is 0 Å². The standard InChI is InChI=1S/C32H32ClN3O6/c1-20(2)28-31(40)36(35(21(3)37)26(29(38)32(41)42)18-22-10-6-4-7-11-22)27(23-12-8-5-9-13-23)19-34(28)30(39)24-14-16-25(33)17-15-24/h4-17,19-20,26,28-29,38H,18H2,1-3H3,(H,41,42)/t26-,28?,29?/m0/s1. The van der Waals surface area contributed by atoms with E-state index >= 15 is 0 Å². The second kappa shape index (κ2) is 13.0. The van der Waals surface area contributed by atoms with Crippen molar-refractivity contribution in [3.63, 3.8) is 0 Å². The van der Waals surface area contributed by atoms with Gasteiger partial charge in [0.25, 0.3) is 11.8 Å². The topological polar surface area (TPSA) is 118 Å². The maximum absolute atomic E-state index is 14.5. The number of carboxylic acid groups (broad SMARTS) is 1. The SMILES string of the molecule is CC(=O)N([C@@H](Cc1ccccc1)C(O)C(=O)O)N1C(=O)C(C(C)C)N(C(=O)c2ccc(Cl)cc2)C=C1c1ccccc1. The number of aliphatic carboxylic acids is 1. The van der Waals surface area contributed by atoms with Gasteiger partial charge in [0.15, 0.2) is 6.10 Å². The molecule has 0 fully saturated rings. The number of carbonyl (C=O) groups is 4. The van der Waals surface area contributed by atoms with E-state index in [1.165, 1.54) is 18.0 Å². The predicted molar refractivity (Wildman–Crippen MR) is 158 cm³/mol. The Hall–Kier alpha value is -4.47. The molecule has 3 atom stereocenters. The first-order valence-corrected chi connectivity index (χ1v) is 13.8. The number of carboxylic acids is 1. The molecule has 1 heterocycles. The Labute approximate surface area is 249 Å². The summed E-state index contributed by atoms with van der Waals surface area (Å²) in [6.45, 7) is 4.75. The molecule has 2 N–H and O–H groups in total. The Morgan fingerprint density at radius 3 is 2.02 bits per heavy atom. The Bertz CT molecular complexity index is 1480. The number of hydrogen-bond donors (Lipinski definition) is 2. The average Bonchev–Trinajstić information content (AvgIpc) is 2.97. The molecule has 1 aliphatic rings. The zero-order valence-electron chi connectivity index (χ0n) is 23.4. The van der Waals surface area contributed by atoms with Crippen LogP contribution in [0, 0.1) is 5.92 Å². The lowest BCUT2D eigenvalue weighted by atomic mass is 9.96. The fraction of sp³-hybridized carbons (Fsp3) is 0.250. The molecular weight excluding hydrogens is 558 g/mol. The molecule has 4 rings (SSSR count). The molecule has 42 heavy (non-hydrogen) atoms. The lowest BCUT2D eigenvalue weighted by Gasteiger charge is -2.47. The summed E-state index contributed by atoms with van der Waals surface area (Å²) in [5.41, 5.74) is 1.63. The molecule has 9 nitrogen and oxygen atoms in total. The first-order valence-electron chi connectivity index (χ1n) is 13.4. The van der Waals surface area contributed by atoms with Crippen molar-refractivity contribution in [3.8, 4) is 0 Å². The summed E-state index contributed by atoms with van der Waals surface area (Å²) in [6.07, 6.45) is -0.578. The third-order valence-electron chi connectivity index (χ3n) is 7.04. The van der Waals surface area contributed by atoms with Gasteiger partial charge in [-0.15, -0.1) is 0 Å². The van der Waals surface area contributed by atoms with E-state index in [-0.39, 0.29) is 12.1 Å². The van der Waals surface area contributed by atoms with E-state index in [2.05, 4.69) is 0 Å². The van der Waals surface area contributed by atoms with Gasteiger partial charge in [-0.25, -0.2) is 14.8 Å². The summed E-state index contributed by atoms with van der Waals surface area (Å²) in [5.74, 6) is -3.69. The van der Waals surface area contributed by atoms with E-state index in [1.807, 2.05) is 0 Å². The van der Waals surface area contributed by atoms with Gasteiger partial charge >= 0.3 is 5.97 Å². The second-order valence-corrected chi connectivity index (χ2v) is 10.8. The average molecular weight is 590 g/mol. The highest BCUT2D eigenvalue weighted by molar-refractivity contribution is 6.30. The quantitative estimate of drug-likeness (QED) is 0.380. The van der Waals surface area contributed by atoms with E-state index in [4.69, 9.17) is 11.6 Å². The summed E-state index contributed by atoms with van der Waals surface area (Å²) in [6, 6.07) is 21.4. The highest BCUT2D eigenvalue weighted by Gasteiger charge is 2.47. The Kier molecular flexibility index (Phi) is 9.45. The maximum Gasteiger partial charge on any atom is 0.334 e. The van der Waals surface area contributed by atoms with E-state index in [0.717, 1.165) is 10.0 Å². The lowest BCUT2D eigenvalue weighted by molar-refractivity contribution is -0.173. The fourth-order valence-corrected chi connectivity index (χ4v) is 5.19. The summed E-state index contributed by atoms with van der Waals surface area (Å²) >= 11 is 6.03. The van der Waals surface area contributed by atoms with Crippen molar-refractivity contribution in [3.05, 3.63) is 113 Å². The zero-order valence-corrected chi connectivity index (χ0v) is 24.2. The van der Waals surface area contributed by atoms with Crippen molar-refractivity contribution in [2.75, 3.05) is 0 Å². The minimum atomic E-state index is -2.02. The molecule has 0 spiro atoms. The molecule has 3 aromatic rings. The van der Waals surface area contributed by atoms with Gasteiger partial charge in [-0.3, -0.25) is 19.3 Å². The van der Waals surface area contributed by atoms with Gasteiger partial charge in [0.2, 0.25) is 5.91 Å². The monoisotopic (exact) mass is 589 g/mol. The van der Waals surface area contributed by atoms with E-state index < -0.39 is 47.8 Å². The first kappa shape index (κ1) is 30.5. The van der Waals surface area contributed by atoms with Gasteiger partial charge in [-0.05, 0) is 42.2 Å². The largest absolute Gasteiger partial charge is 0.479 e. The van der Waals surface area contributed by atoms with Crippen molar-refractivity contribution in [2.24, 2.45) is 5.92 Å². The molecule has 0 saturated heterocycles. The summed E-state index contributed by atoms with van der Waals surface area (Å²) in [7, 11) is 0. The van der Waals surface area contributed by atoms with Gasteiger partial charge in [0, 0.05) is 29.3 Å². The van der Waals surface area contributed by atoms with Crippen molar-refractivity contribution >= 4 is 41.0 Å². The van der Waals surface area contributed by atoms with Crippen LogP contribution in [0.5, 0.6) is 0 Å². The van der Waals surface area contributed by atoms with Gasteiger partial charge in [0.1, 0.15) is 6.04 Å². The molecule has 0 aliphatic carbocycles. The van der Waals surface area contributed by atoms with E-state index in [9.17, 15) is 29.4 Å². The van der Waals surface area contributed by atoms with Crippen LogP contribution in [0.25, 0.3) is 5.70 Å². The van der Waals surface area contributed by atoms with Gasteiger partial charge < -0.3 is 10.2 Å². The van der Waals surface area contributed by atoms with Crippen LogP contribution >= 0.6 is 11.6 Å². The molecule has 1 aliphatic heterocycles. The summed E-state index contributed by atoms with van der Waals surface area (Å²) in [5, 5.41) is 23.3. The maximum atomic E-state index is 14.5. The molecule has 2 unspecified atom stereocenters. The molecule has 0 radical (unpaired) electrons. The minimum Gasteiger partial charge on any atom is -0.479 e. The Morgan fingerprint density at radius 2 is 1.50 bits per heavy atom. The van der Waals surface area contributed by atoms with Crippen LogP contribution in [-0.2, 0) is 20.8 Å². The fourth-order valence-electron chi connectivity index (χ4n) is 5.07. The van der Waals surface area contributed by atoms with E-state index in [1.54, 1.807) is 98.8 Å². The first-order chi connectivity index (χ1) is 20.0. The van der Waals surface area contributed by atoms with Crippen LogP contribution in [0.1, 0.15) is 42.3 Å². The van der Waals surface area contributed by atoms with Crippen molar-refractivity contribution < 1.29 is 29.4 Å². The van der Waals surface area contributed by atoms with E-state index in [0.29, 0.717) is 21.7 Å². The second-order valence-electron chi connectivity index (χ2n) is 10.3. The number of nitrogens with zero attached hydrogens (tertiary/aromatic N) is 3. The molecule has 3 aromatic carbocycles. The van der Waals surface area contributed by atoms with Crippen LogP contribution in [0.15, 0.2) is 91.1 Å². The molecule has 0 bridgehead atoms. The summed E-state index contributed by atoms with van der Waals surface area (Å²) < 4.78 is 0. The molecule has 0 saturated carbocycles. The van der Waals surface area contributed by atoms with Gasteiger partial charge in [0.05, 0.1) is 11.7 Å². The number of hydrogen-bond acceptors (Lipinski definition) is 5. The third kappa shape index (κ3) is 6.37. The van der Waals surface area contributed by atoms with Crippen LogP contribution in [0.2, 0.25) is 5.02 Å². The number of rotatable bonds is 9. The smallest absolute Gasteiger partial charge is 0.334 e. The van der Waals surface area contributed by atoms with Crippen molar-refractivity contribution in [1.82, 2.24) is 14.9 Å². The van der Waals surface area contributed by atoms with Crippen molar-refractivity contribution in [1.29, 1.82) is 0 Å². The van der Waals surface area contributed by atoms with Crippen molar-refractivity contribution in [2.45, 2.75) is 45.4 Å². The predicted octanol–water partition coefficient (Wildman–Crippen LogP) is 4.47. The number of hydrazine groups is 1. The molecule has 0 aromatic heterocycles. The number of aliphatic hydroxyl groups excluding tert-OH is 1. The molecule has 218 valence electrons. The number of amides is 3. The molecular formula is C32H32ClN3O6. The Morgan fingerprint density at radius 1 is 0.929 bits per heavy atom. The lowest BCUT2D eigenvalue weighted by Crippen LogP contribution is -2.64. The normalized spacial score (nSPS) is 16.6. The van der Waals surface area contributed by atoms with Crippen LogP contribution in [0.3, 0.4) is 0 Å². The highest BCUT2D eigenvalue weighted by atomic mass is 35.5. The van der Waals surface area contributed by atoms with Crippen LogP contribution < -0.4 is 0 Å². The summed E-state index contributed by atoms with van der Waals surface area (Å²) in [4.78, 5) is 55.1. The molecule has 3 amide bonds. The third-order valence-corrected chi connectivity index (χ3v) is 7.29. The van der Waals surface area contributed by atoms with Gasteiger partial charge in [-0.2, -0.15) is 0 Å². The molecule has 10 heteroatoms. The number of halogens is 1. The zero-order chi connectivity index (χ0) is 30.6. The number of benzene rings is 3. The highest BCUT2D eigenvalue weighted by Crippen LogP contribution is 2.34. The number of aliphatic hydroxyl groups is 1.